The lowest BCUT2D eigenvalue weighted by Gasteiger charge is -2.27. The Kier molecular flexibility index (Phi) is 2.36. The van der Waals surface area contributed by atoms with Gasteiger partial charge in [0, 0.05) is 6.42 Å². The van der Waals surface area contributed by atoms with Gasteiger partial charge in [0.25, 0.3) is 5.91 Å². The molecule has 0 fully saturated rings. The van der Waals surface area contributed by atoms with Gasteiger partial charge in [0.1, 0.15) is 19.3 Å². The van der Waals surface area contributed by atoms with Gasteiger partial charge >= 0.3 is 5.97 Å². The fraction of sp³-hybridized carbons (Fsp3) is 0.333. The van der Waals surface area contributed by atoms with Gasteiger partial charge in [0.2, 0.25) is 0 Å². The van der Waals surface area contributed by atoms with Gasteiger partial charge in [-0.15, -0.1) is 0 Å². The van der Waals surface area contributed by atoms with E-state index in [2.05, 4.69) is 5.32 Å². The van der Waals surface area contributed by atoms with Gasteiger partial charge < -0.3 is 19.9 Å². The Balaban J connectivity index is 2.07. The normalized spacial score (nSPS) is 20.9. The van der Waals surface area contributed by atoms with E-state index in [9.17, 15) is 9.59 Å². The summed E-state index contributed by atoms with van der Waals surface area (Å²) in [6.07, 6.45) is 0.257. The second kappa shape index (κ2) is 3.90. The molecule has 1 atom stereocenters. The summed E-state index contributed by atoms with van der Waals surface area (Å²) in [5.41, 5.74) is 1.07. The first kappa shape index (κ1) is 10.9. The minimum absolute atomic E-state index is 0.257. The fourth-order valence-electron chi connectivity index (χ4n) is 2.23. The van der Waals surface area contributed by atoms with Crippen molar-refractivity contribution in [2.45, 2.75) is 12.5 Å². The average Bonchev–Trinajstić information content (AvgIpc) is 2.37. The highest BCUT2D eigenvalue weighted by atomic mass is 16.6. The first-order valence-corrected chi connectivity index (χ1v) is 5.62. The number of carbonyl (C=O) groups excluding carboxylic acids is 1. The summed E-state index contributed by atoms with van der Waals surface area (Å²) in [4.78, 5) is 22.9. The number of hydrogen-bond acceptors (Lipinski definition) is 4. The second-order valence-corrected chi connectivity index (χ2v) is 4.19. The Hall–Kier alpha value is -2.24. The first-order valence-electron chi connectivity index (χ1n) is 5.62. The van der Waals surface area contributed by atoms with Crippen molar-refractivity contribution in [2.24, 2.45) is 0 Å². The summed E-state index contributed by atoms with van der Waals surface area (Å²) in [5.74, 6) is -0.515. The highest BCUT2D eigenvalue weighted by Gasteiger charge is 2.33. The Morgan fingerprint density at radius 1 is 1.33 bits per heavy atom. The summed E-state index contributed by atoms with van der Waals surface area (Å²) in [5, 5.41) is 11.4. The number of carboxylic acid groups (broad SMARTS) is 1. The quantitative estimate of drug-likeness (QED) is 0.742. The molecule has 2 aliphatic rings. The lowest BCUT2D eigenvalue weighted by atomic mass is 9.94. The van der Waals surface area contributed by atoms with Crippen molar-refractivity contribution in [3.05, 3.63) is 23.3 Å². The minimum Gasteiger partial charge on any atom is -0.486 e. The Morgan fingerprint density at radius 2 is 2.11 bits per heavy atom. The Labute approximate surface area is 103 Å². The third kappa shape index (κ3) is 1.57. The molecule has 2 heterocycles. The maximum atomic E-state index is 12.0. The molecule has 0 spiro atoms. The molecule has 0 saturated heterocycles. The van der Waals surface area contributed by atoms with Crippen LogP contribution in [0.3, 0.4) is 0 Å². The van der Waals surface area contributed by atoms with Crippen molar-refractivity contribution in [3.63, 3.8) is 0 Å². The van der Waals surface area contributed by atoms with Gasteiger partial charge in [0.15, 0.2) is 11.5 Å². The van der Waals surface area contributed by atoms with E-state index in [1.807, 2.05) is 0 Å². The number of rotatable bonds is 1. The molecule has 0 bridgehead atoms. The SMILES string of the molecule is O=C1NC(C(=O)O)Cc2ccc3c(c21)OCCO3. The summed E-state index contributed by atoms with van der Waals surface area (Å²) in [6, 6.07) is 2.55. The van der Waals surface area contributed by atoms with Gasteiger partial charge in [-0.25, -0.2) is 4.79 Å². The van der Waals surface area contributed by atoms with E-state index in [1.54, 1.807) is 12.1 Å². The van der Waals surface area contributed by atoms with Gasteiger partial charge in [-0.2, -0.15) is 0 Å². The van der Waals surface area contributed by atoms with Gasteiger partial charge in [-0.3, -0.25) is 4.79 Å². The average molecular weight is 249 g/mol. The summed E-state index contributed by atoms with van der Waals surface area (Å²) in [6.45, 7) is 0.838. The zero-order valence-electron chi connectivity index (χ0n) is 9.43. The van der Waals surface area contributed by atoms with Crippen LogP contribution in [0, 0.1) is 0 Å². The van der Waals surface area contributed by atoms with E-state index in [0.717, 1.165) is 0 Å². The molecule has 1 aromatic carbocycles. The number of carboxylic acids is 1. The Morgan fingerprint density at radius 3 is 2.89 bits per heavy atom. The number of hydrogen-bond donors (Lipinski definition) is 2. The van der Waals surface area contributed by atoms with E-state index in [4.69, 9.17) is 14.6 Å². The van der Waals surface area contributed by atoms with Crippen LogP contribution in [-0.4, -0.2) is 36.2 Å². The van der Waals surface area contributed by atoms with Crippen LogP contribution in [0.5, 0.6) is 11.5 Å². The first-order chi connectivity index (χ1) is 8.66. The molecule has 2 N–H and O–H groups in total. The maximum Gasteiger partial charge on any atom is 0.326 e. The number of fused-ring (bicyclic) bond motifs is 3. The molecule has 6 nitrogen and oxygen atoms in total. The highest BCUT2D eigenvalue weighted by Crippen LogP contribution is 2.37. The standard InChI is InChI=1S/C12H11NO5/c14-11-9-6(5-7(13-11)12(15)16)1-2-8-10(9)18-4-3-17-8/h1-2,7H,3-5H2,(H,13,14)(H,15,16). The van der Waals surface area contributed by atoms with Crippen LogP contribution in [-0.2, 0) is 11.2 Å². The molecule has 3 rings (SSSR count). The van der Waals surface area contributed by atoms with Crippen molar-refractivity contribution in [1.82, 2.24) is 5.32 Å². The van der Waals surface area contributed by atoms with Gasteiger partial charge in [0.05, 0.1) is 5.56 Å². The molecule has 0 radical (unpaired) electrons. The van der Waals surface area contributed by atoms with E-state index in [-0.39, 0.29) is 6.42 Å². The fourth-order valence-corrected chi connectivity index (χ4v) is 2.23. The smallest absolute Gasteiger partial charge is 0.326 e. The summed E-state index contributed by atoms with van der Waals surface area (Å²) in [7, 11) is 0. The molecule has 1 aromatic rings. The molecule has 0 aromatic heterocycles. The third-order valence-corrected chi connectivity index (χ3v) is 3.05. The zero-order chi connectivity index (χ0) is 12.7. The van der Waals surface area contributed by atoms with Gasteiger partial charge in [-0.1, -0.05) is 6.07 Å². The molecule has 0 aliphatic carbocycles. The zero-order valence-corrected chi connectivity index (χ0v) is 9.43. The lowest BCUT2D eigenvalue weighted by molar-refractivity contribution is -0.139. The van der Waals surface area contributed by atoms with Crippen LogP contribution in [0.25, 0.3) is 0 Å². The second-order valence-electron chi connectivity index (χ2n) is 4.19. The van der Waals surface area contributed by atoms with Gasteiger partial charge in [-0.05, 0) is 11.6 Å². The maximum absolute atomic E-state index is 12.0. The minimum atomic E-state index is -1.04. The van der Waals surface area contributed by atoms with E-state index >= 15 is 0 Å². The number of aliphatic carboxylic acids is 1. The topological polar surface area (TPSA) is 84.9 Å². The molecule has 1 unspecified atom stereocenters. The number of carbonyl (C=O) groups is 2. The van der Waals surface area contributed by atoms with E-state index in [1.165, 1.54) is 0 Å². The lowest BCUT2D eigenvalue weighted by Crippen LogP contribution is -2.46. The van der Waals surface area contributed by atoms with Crippen LogP contribution < -0.4 is 14.8 Å². The van der Waals surface area contributed by atoms with Crippen molar-refractivity contribution < 1.29 is 24.2 Å². The highest BCUT2D eigenvalue weighted by molar-refractivity contribution is 6.02. The molecule has 6 heteroatoms. The van der Waals surface area contributed by atoms with Crippen molar-refractivity contribution in [2.75, 3.05) is 13.2 Å². The predicted octanol–water partition coefficient (Wildman–Crippen LogP) is 0.197. The van der Waals surface area contributed by atoms with Crippen molar-refractivity contribution >= 4 is 11.9 Å². The van der Waals surface area contributed by atoms with Crippen LogP contribution in [0.2, 0.25) is 0 Å². The van der Waals surface area contributed by atoms with E-state index < -0.39 is 17.9 Å². The monoisotopic (exact) mass is 249 g/mol. The largest absolute Gasteiger partial charge is 0.486 e. The van der Waals surface area contributed by atoms with Crippen LogP contribution in [0.4, 0.5) is 0 Å². The predicted molar refractivity (Wildman–Crippen MR) is 60.0 cm³/mol. The molecule has 1 amide bonds. The van der Waals surface area contributed by atoms with Crippen LogP contribution >= 0.6 is 0 Å². The number of amides is 1. The van der Waals surface area contributed by atoms with Crippen molar-refractivity contribution in [3.8, 4) is 11.5 Å². The third-order valence-electron chi connectivity index (χ3n) is 3.05. The summed E-state index contributed by atoms with van der Waals surface area (Å²) >= 11 is 0. The van der Waals surface area contributed by atoms with Crippen LogP contribution in [0.15, 0.2) is 12.1 Å². The Bertz CT molecular complexity index is 540. The van der Waals surface area contributed by atoms with Crippen LogP contribution in [0.1, 0.15) is 15.9 Å². The number of ether oxygens (including phenoxy) is 2. The molecule has 18 heavy (non-hydrogen) atoms. The molecular weight excluding hydrogens is 238 g/mol. The molecule has 2 aliphatic heterocycles. The molecular formula is C12H11NO5. The molecule has 94 valence electrons. The van der Waals surface area contributed by atoms with Crippen molar-refractivity contribution in [1.29, 1.82) is 0 Å². The number of nitrogens with one attached hydrogen (secondary N) is 1. The molecule has 0 saturated carbocycles. The number of benzene rings is 1. The van der Waals surface area contributed by atoms with E-state index in [0.29, 0.717) is 35.8 Å². The summed E-state index contributed by atoms with van der Waals surface area (Å²) < 4.78 is 10.8.